The lowest BCUT2D eigenvalue weighted by molar-refractivity contribution is -0.142. The molecule has 8 nitrogen and oxygen atoms in total. The minimum absolute atomic E-state index is 0.179. The van der Waals surface area contributed by atoms with Crippen molar-refractivity contribution in [2.45, 2.75) is 25.9 Å². The fourth-order valence-electron chi connectivity index (χ4n) is 3.03. The van der Waals surface area contributed by atoms with Gasteiger partial charge in [0.15, 0.2) is 5.69 Å². The van der Waals surface area contributed by atoms with Crippen LogP contribution in [0.15, 0.2) is 30.7 Å². The van der Waals surface area contributed by atoms with E-state index in [2.05, 4.69) is 15.1 Å². The lowest BCUT2D eigenvalue weighted by atomic mass is 10.0. The van der Waals surface area contributed by atoms with Gasteiger partial charge in [0.05, 0.1) is 29.8 Å². The molecular weight excluding hydrogens is 310 g/mol. The van der Waals surface area contributed by atoms with Crippen molar-refractivity contribution >= 4 is 17.4 Å². The Morgan fingerprint density at radius 1 is 1.38 bits per heavy atom. The highest BCUT2D eigenvalue weighted by molar-refractivity contribution is 5.96. The van der Waals surface area contributed by atoms with Crippen LogP contribution in [0.2, 0.25) is 0 Å². The molecule has 0 aliphatic carbocycles. The van der Waals surface area contributed by atoms with Crippen molar-refractivity contribution in [1.82, 2.24) is 24.5 Å². The molecule has 4 heterocycles. The summed E-state index contributed by atoms with van der Waals surface area (Å²) in [6, 6.07) is 4.55. The molecule has 2 N–H and O–H groups in total. The van der Waals surface area contributed by atoms with Crippen LogP contribution < -0.4 is 0 Å². The average molecular weight is 325 g/mol. The third-order valence-corrected chi connectivity index (χ3v) is 4.28. The number of amides is 1. The van der Waals surface area contributed by atoms with Crippen LogP contribution in [0.3, 0.4) is 0 Å². The van der Waals surface area contributed by atoms with Crippen LogP contribution in [0.25, 0.3) is 5.52 Å². The molecule has 0 aromatic carbocycles. The van der Waals surface area contributed by atoms with Gasteiger partial charge in [-0.15, -0.1) is 0 Å². The number of aliphatic carboxylic acids is 1. The normalized spacial score (nSPS) is 17.0. The number of carbonyl (C=O) groups is 2. The van der Waals surface area contributed by atoms with Gasteiger partial charge in [-0.1, -0.05) is 0 Å². The molecule has 3 aromatic heterocycles. The van der Waals surface area contributed by atoms with E-state index in [-0.39, 0.29) is 18.7 Å². The number of aromatic nitrogens is 4. The van der Waals surface area contributed by atoms with Gasteiger partial charge in [0, 0.05) is 12.6 Å². The summed E-state index contributed by atoms with van der Waals surface area (Å²) in [5.74, 6) is -1.44. The van der Waals surface area contributed by atoms with Gasteiger partial charge in [-0.3, -0.25) is 4.79 Å². The molecule has 4 rings (SSSR count). The highest BCUT2D eigenvalue weighted by Gasteiger charge is 2.37. The molecule has 8 heteroatoms. The van der Waals surface area contributed by atoms with Crippen LogP contribution >= 0.6 is 0 Å². The van der Waals surface area contributed by atoms with E-state index in [1.165, 1.54) is 11.2 Å². The summed E-state index contributed by atoms with van der Waals surface area (Å²) < 4.78 is 1.61. The number of hydrogen-bond acceptors (Lipinski definition) is 4. The summed E-state index contributed by atoms with van der Waals surface area (Å²) in [6.07, 6.45) is 3.48. The lowest BCUT2D eigenvalue weighted by Crippen LogP contribution is -2.48. The second-order valence-electron chi connectivity index (χ2n) is 5.92. The van der Waals surface area contributed by atoms with Crippen LogP contribution in [0, 0.1) is 6.92 Å². The largest absolute Gasteiger partial charge is 0.480 e. The van der Waals surface area contributed by atoms with Crippen molar-refractivity contribution in [3.63, 3.8) is 0 Å². The number of aryl methyl sites for hydroxylation is 1. The second-order valence-corrected chi connectivity index (χ2v) is 5.92. The van der Waals surface area contributed by atoms with E-state index in [0.29, 0.717) is 5.69 Å². The zero-order valence-electron chi connectivity index (χ0n) is 12.9. The predicted molar refractivity (Wildman–Crippen MR) is 83.5 cm³/mol. The van der Waals surface area contributed by atoms with Gasteiger partial charge in [-0.2, -0.15) is 5.10 Å². The summed E-state index contributed by atoms with van der Waals surface area (Å²) >= 11 is 0. The number of fused-ring (bicyclic) bond motifs is 2. The number of nitrogens with zero attached hydrogens (tertiary/aromatic N) is 4. The molecule has 0 saturated heterocycles. The molecule has 0 saturated carbocycles. The van der Waals surface area contributed by atoms with E-state index in [4.69, 9.17) is 0 Å². The monoisotopic (exact) mass is 325 g/mol. The van der Waals surface area contributed by atoms with Crippen molar-refractivity contribution in [3.8, 4) is 0 Å². The lowest BCUT2D eigenvalue weighted by Gasteiger charge is -2.31. The first kappa shape index (κ1) is 14.4. The maximum Gasteiger partial charge on any atom is 0.326 e. The quantitative estimate of drug-likeness (QED) is 0.732. The van der Waals surface area contributed by atoms with E-state index in [0.717, 1.165) is 16.8 Å². The molecule has 1 amide bonds. The third-order valence-electron chi connectivity index (χ3n) is 4.28. The predicted octanol–water partition coefficient (Wildman–Crippen LogP) is 1.02. The van der Waals surface area contributed by atoms with Crippen molar-refractivity contribution in [3.05, 3.63) is 53.4 Å². The SMILES string of the molecule is Cc1ccn2nc(C(=O)N3Cc4[nH]cnc4CC3C(=O)O)cc2c1. The zero-order valence-corrected chi connectivity index (χ0v) is 12.9. The Bertz CT molecular complexity index is 958. The number of aromatic amines is 1. The summed E-state index contributed by atoms with van der Waals surface area (Å²) in [4.78, 5) is 32.9. The maximum atomic E-state index is 12.9. The topological polar surface area (TPSA) is 104 Å². The summed E-state index contributed by atoms with van der Waals surface area (Å²) in [6.45, 7) is 2.14. The number of carboxylic acids is 1. The van der Waals surface area contributed by atoms with Crippen LogP contribution in [-0.4, -0.2) is 47.5 Å². The Morgan fingerprint density at radius 3 is 3.00 bits per heavy atom. The van der Waals surface area contributed by atoms with Crippen LogP contribution in [-0.2, 0) is 17.8 Å². The fourth-order valence-corrected chi connectivity index (χ4v) is 3.03. The van der Waals surface area contributed by atoms with Gasteiger partial charge in [0.2, 0.25) is 0 Å². The van der Waals surface area contributed by atoms with Gasteiger partial charge < -0.3 is 15.0 Å². The minimum atomic E-state index is -1.04. The Balaban J connectivity index is 1.72. The Morgan fingerprint density at radius 2 is 2.21 bits per heavy atom. The van der Waals surface area contributed by atoms with Crippen LogP contribution in [0.1, 0.15) is 27.4 Å². The first-order chi connectivity index (χ1) is 11.5. The Kier molecular flexibility index (Phi) is 3.12. The van der Waals surface area contributed by atoms with E-state index in [1.54, 1.807) is 16.8 Å². The number of pyridine rings is 1. The van der Waals surface area contributed by atoms with E-state index < -0.39 is 17.9 Å². The molecule has 1 aliphatic rings. The number of hydrogen-bond donors (Lipinski definition) is 2. The summed E-state index contributed by atoms with van der Waals surface area (Å²) in [5, 5.41) is 13.8. The molecular formula is C16H15N5O3. The molecule has 24 heavy (non-hydrogen) atoms. The number of carboxylic acid groups (broad SMARTS) is 1. The number of nitrogens with one attached hydrogen (secondary N) is 1. The van der Waals surface area contributed by atoms with E-state index >= 15 is 0 Å². The molecule has 0 fully saturated rings. The number of H-pyrrole nitrogens is 1. The zero-order chi connectivity index (χ0) is 16.8. The Labute approximate surface area is 136 Å². The highest BCUT2D eigenvalue weighted by Crippen LogP contribution is 2.23. The van der Waals surface area contributed by atoms with Gasteiger partial charge in [-0.25, -0.2) is 14.3 Å². The third kappa shape index (κ3) is 2.23. The Hall–Kier alpha value is -3.16. The van der Waals surface area contributed by atoms with Crippen molar-refractivity contribution < 1.29 is 14.7 Å². The minimum Gasteiger partial charge on any atom is -0.480 e. The molecule has 1 atom stereocenters. The van der Waals surface area contributed by atoms with Gasteiger partial charge in [0.25, 0.3) is 5.91 Å². The van der Waals surface area contributed by atoms with Crippen LogP contribution in [0.4, 0.5) is 0 Å². The first-order valence-electron chi connectivity index (χ1n) is 7.54. The standard InChI is InChI=1S/C16H15N5O3/c1-9-2-3-21-10(4-9)5-12(19-21)15(22)20-7-13-11(17-8-18-13)6-14(20)16(23)24/h2-5,8,14H,6-7H2,1H3,(H,17,18)(H,23,24). The van der Waals surface area contributed by atoms with Gasteiger partial charge >= 0.3 is 5.97 Å². The van der Waals surface area contributed by atoms with Crippen molar-refractivity contribution in [2.75, 3.05) is 0 Å². The smallest absolute Gasteiger partial charge is 0.326 e. The molecule has 0 radical (unpaired) electrons. The van der Waals surface area contributed by atoms with E-state index in [9.17, 15) is 14.7 Å². The van der Waals surface area contributed by atoms with Crippen LogP contribution in [0.5, 0.6) is 0 Å². The molecule has 3 aromatic rings. The first-order valence-corrected chi connectivity index (χ1v) is 7.54. The maximum absolute atomic E-state index is 12.9. The average Bonchev–Trinajstić information content (AvgIpc) is 3.18. The van der Waals surface area contributed by atoms with Gasteiger partial charge in [0.1, 0.15) is 6.04 Å². The molecule has 0 spiro atoms. The van der Waals surface area contributed by atoms with E-state index in [1.807, 2.05) is 19.1 Å². The molecule has 122 valence electrons. The number of rotatable bonds is 2. The van der Waals surface area contributed by atoms with Crippen molar-refractivity contribution in [2.24, 2.45) is 0 Å². The highest BCUT2D eigenvalue weighted by atomic mass is 16.4. The molecule has 1 unspecified atom stereocenters. The number of imidazole rings is 1. The summed E-state index contributed by atoms with van der Waals surface area (Å²) in [5.41, 5.74) is 3.54. The summed E-state index contributed by atoms with van der Waals surface area (Å²) in [7, 11) is 0. The second kappa shape index (κ2) is 5.19. The molecule has 1 aliphatic heterocycles. The van der Waals surface area contributed by atoms with Crippen molar-refractivity contribution in [1.29, 1.82) is 0 Å². The number of carbonyl (C=O) groups excluding carboxylic acids is 1. The molecule has 0 bridgehead atoms. The fraction of sp³-hybridized carbons (Fsp3) is 0.250. The van der Waals surface area contributed by atoms with Gasteiger partial charge in [-0.05, 0) is 30.7 Å².